The third-order valence-electron chi connectivity index (χ3n) is 1.76. The van der Waals surface area contributed by atoms with Crippen molar-refractivity contribution in [2.45, 2.75) is 6.42 Å². The van der Waals surface area contributed by atoms with Gasteiger partial charge in [0.1, 0.15) is 0 Å². The van der Waals surface area contributed by atoms with Crippen molar-refractivity contribution in [1.82, 2.24) is 14.6 Å². The summed E-state index contributed by atoms with van der Waals surface area (Å²) in [6.45, 7) is 0. The van der Waals surface area contributed by atoms with Gasteiger partial charge >= 0.3 is 0 Å². The number of hydrogen-bond acceptors (Lipinski definition) is 2. The highest BCUT2D eigenvalue weighted by atomic mass is 127. The van der Waals surface area contributed by atoms with E-state index in [4.69, 9.17) is 11.6 Å². The molecule has 0 aliphatic carbocycles. The number of hydrogen-bond donors (Lipinski definition) is 0. The Morgan fingerprint density at radius 1 is 1.46 bits per heavy atom. The Kier molecular flexibility index (Phi) is 2.69. The molecule has 5 heteroatoms. The van der Waals surface area contributed by atoms with Gasteiger partial charge in [-0.05, 0) is 12.1 Å². The van der Waals surface area contributed by atoms with E-state index in [2.05, 4.69) is 32.7 Å². The number of fused-ring (bicyclic) bond motifs is 1. The van der Waals surface area contributed by atoms with Crippen LogP contribution in [0.1, 0.15) is 5.69 Å². The molecule has 0 spiro atoms. The van der Waals surface area contributed by atoms with Crippen LogP contribution in [0.4, 0.5) is 0 Å². The largest absolute Gasteiger partial charge is 0.217 e. The van der Waals surface area contributed by atoms with Crippen molar-refractivity contribution in [3.8, 4) is 0 Å². The van der Waals surface area contributed by atoms with E-state index >= 15 is 0 Å². The first kappa shape index (κ1) is 9.21. The summed E-state index contributed by atoms with van der Waals surface area (Å²) in [5.41, 5.74) is 1.98. The lowest BCUT2D eigenvalue weighted by Gasteiger charge is -1.99. The fourth-order valence-electron chi connectivity index (χ4n) is 1.22. The van der Waals surface area contributed by atoms with Gasteiger partial charge in [0.05, 0.1) is 0 Å². The molecule has 2 heterocycles. The molecule has 3 nitrogen and oxygen atoms in total. The molecular weight excluding hydrogens is 300 g/mol. The molecule has 0 aromatic carbocycles. The van der Waals surface area contributed by atoms with E-state index in [0.717, 1.165) is 21.6 Å². The standard InChI is InChI=1S/C8H7ClIN3/c9-5-4-6-2-1-3-7-11-8(10)12-13(6)7/h1-3H,4-5H2. The first-order valence-electron chi connectivity index (χ1n) is 3.87. The molecule has 0 N–H and O–H groups in total. The first-order chi connectivity index (χ1) is 6.31. The van der Waals surface area contributed by atoms with Crippen LogP contribution >= 0.6 is 34.2 Å². The van der Waals surface area contributed by atoms with E-state index in [-0.39, 0.29) is 0 Å². The Labute approximate surface area is 94.3 Å². The lowest BCUT2D eigenvalue weighted by Crippen LogP contribution is -1.98. The summed E-state index contributed by atoms with van der Waals surface area (Å²) in [4.78, 5) is 4.25. The summed E-state index contributed by atoms with van der Waals surface area (Å²) < 4.78 is 2.60. The minimum Gasteiger partial charge on any atom is -0.217 e. The third kappa shape index (κ3) is 1.78. The molecule has 0 aliphatic heterocycles. The van der Waals surface area contributed by atoms with Gasteiger partial charge in [-0.2, -0.15) is 0 Å². The fourth-order valence-corrected chi connectivity index (χ4v) is 1.88. The highest BCUT2D eigenvalue weighted by molar-refractivity contribution is 14.1. The molecule has 68 valence electrons. The van der Waals surface area contributed by atoms with Crippen LogP contribution in [0.25, 0.3) is 5.65 Å². The van der Waals surface area contributed by atoms with Crippen LogP contribution in [-0.4, -0.2) is 20.5 Å². The molecule has 0 fully saturated rings. The molecule has 13 heavy (non-hydrogen) atoms. The van der Waals surface area contributed by atoms with Crippen molar-refractivity contribution < 1.29 is 0 Å². The molecule has 2 aromatic rings. The maximum atomic E-state index is 5.68. The quantitative estimate of drug-likeness (QED) is 0.628. The molecule has 0 saturated heterocycles. The van der Waals surface area contributed by atoms with Crippen molar-refractivity contribution in [1.29, 1.82) is 0 Å². The average molecular weight is 308 g/mol. The molecule has 0 saturated carbocycles. The lowest BCUT2D eigenvalue weighted by atomic mass is 10.3. The minimum atomic E-state index is 0.607. The Bertz CT molecular complexity index is 426. The number of nitrogens with zero attached hydrogens (tertiary/aromatic N) is 3. The molecule has 0 radical (unpaired) electrons. The molecule has 0 bridgehead atoms. The van der Waals surface area contributed by atoms with Crippen LogP contribution in [-0.2, 0) is 6.42 Å². The van der Waals surface area contributed by atoms with Crippen molar-refractivity contribution in [3.63, 3.8) is 0 Å². The van der Waals surface area contributed by atoms with Gasteiger partial charge in [-0.3, -0.25) is 0 Å². The average Bonchev–Trinajstić information content (AvgIpc) is 2.47. The summed E-state index contributed by atoms with van der Waals surface area (Å²) >= 11 is 7.78. The van der Waals surface area contributed by atoms with Crippen LogP contribution < -0.4 is 0 Å². The van der Waals surface area contributed by atoms with Gasteiger partial charge in [0.15, 0.2) is 5.65 Å². The number of aryl methyl sites for hydroxylation is 1. The second kappa shape index (κ2) is 3.79. The van der Waals surface area contributed by atoms with E-state index in [0.29, 0.717) is 5.88 Å². The van der Waals surface area contributed by atoms with Crippen LogP contribution in [0.5, 0.6) is 0 Å². The zero-order valence-corrected chi connectivity index (χ0v) is 9.66. The normalized spacial score (nSPS) is 10.9. The number of aromatic nitrogens is 3. The highest BCUT2D eigenvalue weighted by Crippen LogP contribution is 2.08. The summed E-state index contributed by atoms with van der Waals surface area (Å²) in [6, 6.07) is 5.93. The first-order valence-corrected chi connectivity index (χ1v) is 5.49. The van der Waals surface area contributed by atoms with Crippen LogP contribution in [0.15, 0.2) is 18.2 Å². The molecule has 0 atom stereocenters. The molecule has 2 rings (SSSR count). The van der Waals surface area contributed by atoms with Crippen molar-refractivity contribution in [2.24, 2.45) is 0 Å². The maximum absolute atomic E-state index is 5.68. The molecular formula is C8H7ClIN3. The van der Waals surface area contributed by atoms with Gasteiger partial charge in [-0.1, -0.05) is 6.07 Å². The minimum absolute atomic E-state index is 0.607. The molecule has 2 aromatic heterocycles. The molecule has 0 aliphatic rings. The van der Waals surface area contributed by atoms with Gasteiger partial charge in [0, 0.05) is 40.6 Å². The van der Waals surface area contributed by atoms with E-state index in [1.165, 1.54) is 0 Å². The van der Waals surface area contributed by atoms with Gasteiger partial charge in [-0.25, -0.2) is 9.50 Å². The summed E-state index contributed by atoms with van der Waals surface area (Å²) in [6.07, 6.45) is 0.818. The van der Waals surface area contributed by atoms with E-state index in [1.54, 1.807) is 0 Å². The van der Waals surface area contributed by atoms with E-state index in [9.17, 15) is 0 Å². The van der Waals surface area contributed by atoms with Gasteiger partial charge in [0.2, 0.25) is 3.83 Å². The van der Waals surface area contributed by atoms with E-state index in [1.807, 2.05) is 22.7 Å². The fraction of sp³-hybridized carbons (Fsp3) is 0.250. The molecule has 0 unspecified atom stereocenters. The van der Waals surface area contributed by atoms with Crippen LogP contribution in [0, 0.1) is 3.83 Å². The van der Waals surface area contributed by atoms with Crippen molar-refractivity contribution in [2.75, 3.05) is 5.88 Å². The number of pyridine rings is 1. The number of halogens is 2. The van der Waals surface area contributed by atoms with E-state index < -0.39 is 0 Å². The Balaban J connectivity index is 2.60. The summed E-state index contributed by atoms with van der Waals surface area (Å²) in [7, 11) is 0. The monoisotopic (exact) mass is 307 g/mol. The lowest BCUT2D eigenvalue weighted by molar-refractivity contribution is 0.858. The number of alkyl halides is 1. The predicted octanol–water partition coefficient (Wildman–Crippen LogP) is 2.12. The molecule has 0 amide bonds. The second-order valence-electron chi connectivity index (χ2n) is 2.61. The van der Waals surface area contributed by atoms with Crippen LogP contribution in [0.2, 0.25) is 0 Å². The smallest absolute Gasteiger partial charge is 0.212 e. The highest BCUT2D eigenvalue weighted by Gasteiger charge is 2.03. The maximum Gasteiger partial charge on any atom is 0.212 e. The third-order valence-corrected chi connectivity index (χ3v) is 2.41. The van der Waals surface area contributed by atoms with Crippen molar-refractivity contribution >= 4 is 39.8 Å². The zero-order chi connectivity index (χ0) is 9.26. The Morgan fingerprint density at radius 3 is 3.08 bits per heavy atom. The van der Waals surface area contributed by atoms with Gasteiger partial charge in [-0.15, -0.1) is 16.7 Å². The SMILES string of the molecule is ClCCc1cccc2nc(I)nn12. The Hall–Kier alpha value is -0.360. The topological polar surface area (TPSA) is 30.2 Å². The van der Waals surface area contributed by atoms with Crippen LogP contribution in [0.3, 0.4) is 0 Å². The van der Waals surface area contributed by atoms with Gasteiger partial charge in [0.25, 0.3) is 0 Å². The summed E-state index contributed by atoms with van der Waals surface area (Å²) in [5.74, 6) is 0.607. The van der Waals surface area contributed by atoms with Gasteiger partial charge < -0.3 is 0 Å². The summed E-state index contributed by atoms with van der Waals surface area (Å²) in [5, 5.41) is 4.27. The zero-order valence-electron chi connectivity index (χ0n) is 6.74. The predicted molar refractivity (Wildman–Crippen MR) is 60.1 cm³/mol. The van der Waals surface area contributed by atoms with Crippen molar-refractivity contribution in [3.05, 3.63) is 27.7 Å². The second-order valence-corrected chi connectivity index (χ2v) is 3.95. The Morgan fingerprint density at radius 2 is 2.31 bits per heavy atom. The number of rotatable bonds is 2.